The molecule has 0 radical (unpaired) electrons. The van der Waals surface area contributed by atoms with E-state index >= 15 is 0 Å². The van der Waals surface area contributed by atoms with Gasteiger partial charge in [-0.25, -0.2) is 9.13 Å². The maximum atomic E-state index is 13.6. The van der Waals surface area contributed by atoms with Crippen LogP contribution in [0.25, 0.3) is 0 Å². The molecular formula is C24H28ClN6OS+. The highest BCUT2D eigenvalue weighted by atomic mass is 35.5. The van der Waals surface area contributed by atoms with E-state index in [1.54, 1.807) is 17.0 Å². The molecule has 0 spiro atoms. The van der Waals surface area contributed by atoms with Gasteiger partial charge in [-0.05, 0) is 36.8 Å². The smallest absolute Gasteiger partial charge is 0.319 e. The first-order valence-corrected chi connectivity index (χ1v) is 12.1. The average molecular weight is 484 g/mol. The molecule has 3 aromatic rings. The third kappa shape index (κ3) is 5.07. The molecule has 0 fully saturated rings. The van der Waals surface area contributed by atoms with Gasteiger partial charge in [0.05, 0.1) is 26.2 Å². The molecule has 0 amide bonds. The van der Waals surface area contributed by atoms with Crippen molar-refractivity contribution in [2.24, 2.45) is 10.4 Å². The van der Waals surface area contributed by atoms with Gasteiger partial charge in [0.25, 0.3) is 0 Å². The highest BCUT2D eigenvalue weighted by Crippen LogP contribution is 2.27. The molecule has 0 bridgehead atoms. The molecule has 0 aliphatic carbocycles. The molecule has 9 heteroatoms. The van der Waals surface area contributed by atoms with E-state index in [0.717, 1.165) is 23.0 Å². The lowest BCUT2D eigenvalue weighted by molar-refractivity contribution is -0.689. The number of pyridine rings is 1. The summed E-state index contributed by atoms with van der Waals surface area (Å²) in [4.78, 5) is 23.5. The third-order valence-corrected chi connectivity index (χ3v) is 6.83. The fraction of sp³-hybridized carbons (Fsp3) is 0.333. The van der Waals surface area contributed by atoms with Crippen LogP contribution in [-0.2, 0) is 19.6 Å². The van der Waals surface area contributed by atoms with E-state index in [2.05, 4.69) is 24.1 Å². The summed E-state index contributed by atoms with van der Waals surface area (Å²) in [7, 11) is 0. The van der Waals surface area contributed by atoms with Gasteiger partial charge in [-0.15, -0.1) is 0 Å². The molecule has 33 heavy (non-hydrogen) atoms. The van der Waals surface area contributed by atoms with Crippen LogP contribution in [0.2, 0.25) is 5.02 Å². The maximum absolute atomic E-state index is 13.6. The Labute approximate surface area is 202 Å². The van der Waals surface area contributed by atoms with E-state index in [4.69, 9.17) is 22.3 Å². The van der Waals surface area contributed by atoms with Crippen LogP contribution in [0.15, 0.2) is 63.5 Å². The van der Waals surface area contributed by atoms with Gasteiger partial charge >= 0.3 is 11.5 Å². The Morgan fingerprint density at radius 2 is 1.97 bits per heavy atom. The number of aliphatic imine (C=N–C) groups is 1. The SMILES string of the molecule is CCn1c2[n+](c(N)c(C(=NCc3ccc(Cl)cc3)Sc3ccncc3)c1=O)CC(C)(C)CN2. The first kappa shape index (κ1) is 23.3. The number of aromatic nitrogens is 3. The zero-order valence-corrected chi connectivity index (χ0v) is 20.6. The van der Waals surface area contributed by atoms with Crippen LogP contribution in [0.3, 0.4) is 0 Å². The van der Waals surface area contributed by atoms with Gasteiger partial charge in [0.15, 0.2) is 0 Å². The summed E-state index contributed by atoms with van der Waals surface area (Å²) in [5.74, 6) is 1.17. The van der Waals surface area contributed by atoms with E-state index in [9.17, 15) is 4.79 Å². The van der Waals surface area contributed by atoms with Crippen molar-refractivity contribution in [3.8, 4) is 0 Å². The predicted molar refractivity (Wildman–Crippen MR) is 135 cm³/mol. The van der Waals surface area contributed by atoms with Crippen LogP contribution < -0.4 is 21.2 Å². The highest BCUT2D eigenvalue weighted by Gasteiger charge is 2.35. The Kier molecular flexibility index (Phi) is 6.76. The number of nitrogens with one attached hydrogen (secondary N) is 1. The number of hydrogen-bond donors (Lipinski definition) is 2. The number of nitrogens with two attached hydrogens (primary N) is 1. The van der Waals surface area contributed by atoms with Gasteiger partial charge in [-0.2, -0.15) is 0 Å². The van der Waals surface area contributed by atoms with Crippen LogP contribution in [-0.4, -0.2) is 21.1 Å². The fourth-order valence-electron chi connectivity index (χ4n) is 3.82. The molecule has 172 valence electrons. The number of hydrogen-bond acceptors (Lipinski definition) is 6. The second-order valence-electron chi connectivity index (χ2n) is 8.77. The lowest BCUT2D eigenvalue weighted by Crippen LogP contribution is -2.57. The Morgan fingerprint density at radius 1 is 1.27 bits per heavy atom. The van der Waals surface area contributed by atoms with Gasteiger partial charge in [-0.3, -0.25) is 20.1 Å². The number of fused-ring (bicyclic) bond motifs is 1. The number of nitrogens with zero attached hydrogens (tertiary/aromatic N) is 4. The van der Waals surface area contributed by atoms with Crippen molar-refractivity contribution in [3.05, 3.63) is 75.3 Å². The number of thioether (sulfide) groups is 1. The highest BCUT2D eigenvalue weighted by molar-refractivity contribution is 8.14. The third-order valence-electron chi connectivity index (χ3n) is 5.54. The molecular weight excluding hydrogens is 456 g/mol. The van der Waals surface area contributed by atoms with Crippen molar-refractivity contribution < 1.29 is 4.57 Å². The van der Waals surface area contributed by atoms with Gasteiger partial charge in [0.1, 0.15) is 10.6 Å². The van der Waals surface area contributed by atoms with E-state index in [0.29, 0.717) is 41.1 Å². The summed E-state index contributed by atoms with van der Waals surface area (Å²) in [6, 6.07) is 11.3. The Hall–Kier alpha value is -2.84. The van der Waals surface area contributed by atoms with E-state index in [1.807, 2.05) is 47.9 Å². The minimum atomic E-state index is -0.148. The zero-order valence-electron chi connectivity index (χ0n) is 19.0. The van der Waals surface area contributed by atoms with Crippen molar-refractivity contribution >= 4 is 40.2 Å². The van der Waals surface area contributed by atoms with Crippen LogP contribution in [0, 0.1) is 5.41 Å². The number of nitrogen functional groups attached to an aromatic ring is 1. The molecule has 1 aliphatic rings. The van der Waals surface area contributed by atoms with Crippen LogP contribution in [0.5, 0.6) is 0 Å². The second kappa shape index (κ2) is 9.57. The van der Waals surface area contributed by atoms with Gasteiger partial charge in [0.2, 0.25) is 5.82 Å². The van der Waals surface area contributed by atoms with Gasteiger partial charge < -0.3 is 5.73 Å². The standard InChI is InChI=1S/C24H27ClN6OS/c1-4-30-22(32)19(20(26)31-15-24(2,3)14-29-23(30)31)21(33-18-9-11-27-12-10-18)28-13-16-5-7-17(25)8-6-16/h5-12H,4,13-15H2,1-3H3,(H2,26,28,32)/p+1. The zero-order chi connectivity index (χ0) is 23.6. The fourth-order valence-corrected chi connectivity index (χ4v) is 4.85. The Morgan fingerprint density at radius 3 is 2.64 bits per heavy atom. The molecule has 3 heterocycles. The molecule has 2 aromatic heterocycles. The lowest BCUT2D eigenvalue weighted by Gasteiger charge is -2.31. The molecule has 1 aromatic carbocycles. The summed E-state index contributed by atoms with van der Waals surface area (Å²) >= 11 is 7.45. The number of rotatable bonds is 5. The van der Waals surface area contributed by atoms with E-state index < -0.39 is 0 Å². The molecule has 3 N–H and O–H groups in total. The summed E-state index contributed by atoms with van der Waals surface area (Å²) in [6.07, 6.45) is 3.45. The van der Waals surface area contributed by atoms with E-state index in [1.165, 1.54) is 11.8 Å². The molecule has 0 saturated carbocycles. The predicted octanol–water partition coefficient (Wildman–Crippen LogP) is 3.98. The summed E-state index contributed by atoms with van der Waals surface area (Å²) in [6.45, 7) is 8.73. The molecule has 4 rings (SSSR count). The molecule has 7 nitrogen and oxygen atoms in total. The summed E-state index contributed by atoms with van der Waals surface area (Å²) in [5, 5.41) is 4.67. The van der Waals surface area contributed by atoms with Crippen molar-refractivity contribution in [2.45, 2.75) is 45.3 Å². The minimum absolute atomic E-state index is 0.00210. The average Bonchev–Trinajstić information content (AvgIpc) is 2.79. The number of anilines is 2. The normalized spacial score (nSPS) is 15.1. The molecule has 1 aliphatic heterocycles. The van der Waals surface area contributed by atoms with E-state index in [-0.39, 0.29) is 11.0 Å². The van der Waals surface area contributed by atoms with Crippen molar-refractivity contribution in [1.29, 1.82) is 0 Å². The van der Waals surface area contributed by atoms with Gasteiger partial charge in [0, 0.05) is 27.7 Å². The lowest BCUT2D eigenvalue weighted by atomic mass is 9.92. The molecule has 0 unspecified atom stereocenters. The van der Waals surface area contributed by atoms with Crippen LogP contribution in [0.1, 0.15) is 31.9 Å². The summed E-state index contributed by atoms with van der Waals surface area (Å²) in [5.41, 5.74) is 7.95. The Bertz CT molecular complexity index is 1240. The molecule has 0 saturated heterocycles. The van der Waals surface area contributed by atoms with Crippen molar-refractivity contribution in [3.63, 3.8) is 0 Å². The quantitative estimate of drug-likeness (QED) is 0.248. The first-order valence-electron chi connectivity index (χ1n) is 10.9. The topological polar surface area (TPSA) is 89.2 Å². The van der Waals surface area contributed by atoms with Gasteiger partial charge in [-0.1, -0.05) is 49.3 Å². The second-order valence-corrected chi connectivity index (χ2v) is 10.3. The van der Waals surface area contributed by atoms with Crippen molar-refractivity contribution in [2.75, 3.05) is 17.6 Å². The monoisotopic (exact) mass is 483 g/mol. The van der Waals surface area contributed by atoms with Crippen LogP contribution in [0.4, 0.5) is 11.8 Å². The number of benzene rings is 1. The number of halogens is 1. The maximum Gasteiger partial charge on any atom is 0.319 e. The largest absolute Gasteiger partial charge is 0.334 e. The Balaban J connectivity index is 1.86. The summed E-state index contributed by atoms with van der Waals surface area (Å²) < 4.78 is 3.75. The first-order chi connectivity index (χ1) is 15.8. The van der Waals surface area contributed by atoms with Crippen molar-refractivity contribution in [1.82, 2.24) is 9.55 Å². The van der Waals surface area contributed by atoms with Crippen LogP contribution >= 0.6 is 23.4 Å². The minimum Gasteiger partial charge on any atom is -0.334 e. The molecule has 0 atom stereocenters.